The SMILES string of the molecule is CCC1(C(=O)N[C@H](C)c2cccc(OC)c2)CCNCC1. The Bertz CT molecular complexity index is 481. The highest BCUT2D eigenvalue weighted by molar-refractivity contribution is 5.83. The van der Waals surface area contributed by atoms with Crippen LogP contribution in [0.25, 0.3) is 0 Å². The molecule has 1 aliphatic rings. The minimum Gasteiger partial charge on any atom is -0.497 e. The Hall–Kier alpha value is -1.55. The van der Waals surface area contributed by atoms with Crippen LogP contribution in [0.15, 0.2) is 24.3 Å². The Morgan fingerprint density at radius 3 is 2.76 bits per heavy atom. The molecule has 1 aromatic carbocycles. The zero-order valence-electron chi connectivity index (χ0n) is 13.2. The van der Waals surface area contributed by atoms with Gasteiger partial charge in [-0.1, -0.05) is 19.1 Å². The predicted octanol–water partition coefficient (Wildman–Crippen LogP) is 2.65. The number of benzene rings is 1. The summed E-state index contributed by atoms with van der Waals surface area (Å²) in [5, 5.41) is 6.52. The Morgan fingerprint density at radius 2 is 2.14 bits per heavy atom. The maximum Gasteiger partial charge on any atom is 0.226 e. The number of amides is 1. The third-order valence-electron chi connectivity index (χ3n) is 4.66. The fourth-order valence-electron chi connectivity index (χ4n) is 2.99. The molecule has 1 aliphatic heterocycles. The molecule has 4 nitrogen and oxygen atoms in total. The smallest absolute Gasteiger partial charge is 0.226 e. The van der Waals surface area contributed by atoms with Crippen molar-refractivity contribution in [2.45, 2.75) is 39.2 Å². The molecule has 21 heavy (non-hydrogen) atoms. The van der Waals surface area contributed by atoms with Crippen molar-refractivity contribution in [3.63, 3.8) is 0 Å². The molecule has 1 atom stereocenters. The molecule has 1 fully saturated rings. The van der Waals surface area contributed by atoms with Crippen LogP contribution in [0.5, 0.6) is 5.75 Å². The lowest BCUT2D eigenvalue weighted by atomic mass is 9.75. The van der Waals surface area contributed by atoms with Gasteiger partial charge in [-0.3, -0.25) is 4.79 Å². The van der Waals surface area contributed by atoms with E-state index in [1.54, 1.807) is 7.11 Å². The zero-order valence-corrected chi connectivity index (χ0v) is 13.2. The molecule has 0 bridgehead atoms. The molecule has 0 aliphatic carbocycles. The first-order valence-corrected chi connectivity index (χ1v) is 7.77. The first kappa shape index (κ1) is 15.8. The summed E-state index contributed by atoms with van der Waals surface area (Å²) in [7, 11) is 1.66. The van der Waals surface area contributed by atoms with E-state index in [1.807, 2.05) is 31.2 Å². The summed E-state index contributed by atoms with van der Waals surface area (Å²) in [4.78, 5) is 12.7. The molecule has 0 saturated carbocycles. The summed E-state index contributed by atoms with van der Waals surface area (Å²) in [5.74, 6) is 1.00. The van der Waals surface area contributed by atoms with E-state index >= 15 is 0 Å². The van der Waals surface area contributed by atoms with Crippen molar-refractivity contribution < 1.29 is 9.53 Å². The molecule has 0 radical (unpaired) electrons. The number of rotatable bonds is 5. The molecule has 0 aromatic heterocycles. The van der Waals surface area contributed by atoms with Gasteiger partial charge in [-0.05, 0) is 57.0 Å². The fourth-order valence-corrected chi connectivity index (χ4v) is 2.99. The van der Waals surface area contributed by atoms with E-state index in [0.717, 1.165) is 43.7 Å². The monoisotopic (exact) mass is 290 g/mol. The van der Waals surface area contributed by atoms with Gasteiger partial charge < -0.3 is 15.4 Å². The van der Waals surface area contributed by atoms with Gasteiger partial charge in [0.05, 0.1) is 18.6 Å². The quantitative estimate of drug-likeness (QED) is 0.876. The Balaban J connectivity index is 2.06. The second-order valence-electron chi connectivity index (χ2n) is 5.86. The third kappa shape index (κ3) is 3.56. The van der Waals surface area contributed by atoms with Gasteiger partial charge in [0.2, 0.25) is 5.91 Å². The Kier molecular flexibility index (Phi) is 5.23. The van der Waals surface area contributed by atoms with Crippen molar-refractivity contribution in [3.05, 3.63) is 29.8 Å². The molecule has 1 amide bonds. The second kappa shape index (κ2) is 6.94. The number of hydrogen-bond acceptors (Lipinski definition) is 3. The van der Waals surface area contributed by atoms with Crippen LogP contribution in [0.4, 0.5) is 0 Å². The standard InChI is InChI=1S/C17H26N2O2/c1-4-17(8-10-18-11-9-17)16(20)19-13(2)14-6-5-7-15(12-14)21-3/h5-7,12-13,18H,4,8-11H2,1-3H3,(H,19,20)/t13-/m1/s1. The first-order valence-electron chi connectivity index (χ1n) is 7.77. The molecule has 4 heteroatoms. The normalized spacial score (nSPS) is 18.8. The molecule has 0 spiro atoms. The lowest BCUT2D eigenvalue weighted by molar-refractivity contribution is -0.133. The van der Waals surface area contributed by atoms with E-state index in [2.05, 4.69) is 17.6 Å². The van der Waals surface area contributed by atoms with Crippen molar-refractivity contribution >= 4 is 5.91 Å². The van der Waals surface area contributed by atoms with Crippen LogP contribution in [0, 0.1) is 5.41 Å². The van der Waals surface area contributed by atoms with Gasteiger partial charge in [0.25, 0.3) is 0 Å². The van der Waals surface area contributed by atoms with Gasteiger partial charge in [0.15, 0.2) is 0 Å². The molecular formula is C17H26N2O2. The average Bonchev–Trinajstić information content (AvgIpc) is 2.55. The Labute approximate surface area is 127 Å². The number of carbonyl (C=O) groups excluding carboxylic acids is 1. The number of nitrogens with one attached hydrogen (secondary N) is 2. The predicted molar refractivity (Wildman–Crippen MR) is 84.4 cm³/mol. The average molecular weight is 290 g/mol. The van der Waals surface area contributed by atoms with Gasteiger partial charge in [0, 0.05) is 0 Å². The largest absolute Gasteiger partial charge is 0.497 e. The summed E-state index contributed by atoms with van der Waals surface area (Å²) in [6.45, 7) is 5.99. The van der Waals surface area contributed by atoms with Gasteiger partial charge in [-0.15, -0.1) is 0 Å². The van der Waals surface area contributed by atoms with Gasteiger partial charge >= 0.3 is 0 Å². The van der Waals surface area contributed by atoms with Crippen LogP contribution in [0.2, 0.25) is 0 Å². The minimum absolute atomic E-state index is 0.00842. The lowest BCUT2D eigenvalue weighted by Crippen LogP contribution is -2.47. The molecular weight excluding hydrogens is 264 g/mol. The number of hydrogen-bond donors (Lipinski definition) is 2. The van der Waals surface area contributed by atoms with Crippen molar-refractivity contribution in [2.75, 3.05) is 20.2 Å². The van der Waals surface area contributed by atoms with Crippen molar-refractivity contribution in [1.82, 2.24) is 10.6 Å². The van der Waals surface area contributed by atoms with Crippen LogP contribution in [-0.2, 0) is 4.79 Å². The van der Waals surface area contributed by atoms with Crippen LogP contribution in [-0.4, -0.2) is 26.1 Å². The van der Waals surface area contributed by atoms with E-state index in [-0.39, 0.29) is 17.4 Å². The van der Waals surface area contributed by atoms with E-state index < -0.39 is 0 Å². The molecule has 1 saturated heterocycles. The lowest BCUT2D eigenvalue weighted by Gasteiger charge is -2.36. The highest BCUT2D eigenvalue weighted by Gasteiger charge is 2.38. The van der Waals surface area contributed by atoms with E-state index in [9.17, 15) is 4.79 Å². The fraction of sp³-hybridized carbons (Fsp3) is 0.588. The topological polar surface area (TPSA) is 50.4 Å². The highest BCUT2D eigenvalue weighted by Crippen LogP contribution is 2.33. The molecule has 2 rings (SSSR count). The highest BCUT2D eigenvalue weighted by atomic mass is 16.5. The summed E-state index contributed by atoms with van der Waals surface area (Å²) in [6.07, 6.45) is 2.73. The van der Waals surface area contributed by atoms with Crippen LogP contribution >= 0.6 is 0 Å². The summed E-state index contributed by atoms with van der Waals surface area (Å²) >= 11 is 0. The number of carbonyl (C=O) groups is 1. The summed E-state index contributed by atoms with van der Waals surface area (Å²) < 4.78 is 5.25. The third-order valence-corrected chi connectivity index (χ3v) is 4.66. The maximum atomic E-state index is 12.7. The number of piperidine rings is 1. The van der Waals surface area contributed by atoms with Gasteiger partial charge in [-0.25, -0.2) is 0 Å². The Morgan fingerprint density at radius 1 is 1.43 bits per heavy atom. The summed E-state index contributed by atoms with van der Waals surface area (Å²) in [6, 6.07) is 7.86. The number of ether oxygens (including phenoxy) is 1. The van der Waals surface area contributed by atoms with Crippen LogP contribution < -0.4 is 15.4 Å². The van der Waals surface area contributed by atoms with E-state index in [4.69, 9.17) is 4.74 Å². The maximum absolute atomic E-state index is 12.7. The van der Waals surface area contributed by atoms with Crippen molar-refractivity contribution in [3.8, 4) is 5.75 Å². The first-order chi connectivity index (χ1) is 10.1. The van der Waals surface area contributed by atoms with Crippen LogP contribution in [0.1, 0.15) is 44.7 Å². The zero-order chi connectivity index (χ0) is 15.3. The van der Waals surface area contributed by atoms with E-state index in [1.165, 1.54) is 0 Å². The van der Waals surface area contributed by atoms with Gasteiger partial charge in [-0.2, -0.15) is 0 Å². The van der Waals surface area contributed by atoms with Gasteiger partial charge in [0.1, 0.15) is 5.75 Å². The molecule has 2 N–H and O–H groups in total. The second-order valence-corrected chi connectivity index (χ2v) is 5.86. The summed E-state index contributed by atoms with van der Waals surface area (Å²) in [5.41, 5.74) is 0.862. The molecule has 0 unspecified atom stereocenters. The molecule has 1 aromatic rings. The van der Waals surface area contributed by atoms with Crippen LogP contribution in [0.3, 0.4) is 0 Å². The van der Waals surface area contributed by atoms with Crippen molar-refractivity contribution in [2.24, 2.45) is 5.41 Å². The minimum atomic E-state index is -0.210. The van der Waals surface area contributed by atoms with Crippen molar-refractivity contribution in [1.29, 1.82) is 0 Å². The molecule has 1 heterocycles. The molecule has 116 valence electrons. The number of methoxy groups -OCH3 is 1. The van der Waals surface area contributed by atoms with E-state index in [0.29, 0.717) is 0 Å².